The molecule has 2 saturated heterocycles. The number of carbonyl (C=O) groups is 2. The van der Waals surface area contributed by atoms with Gasteiger partial charge in [0.1, 0.15) is 0 Å². The fourth-order valence-corrected chi connectivity index (χ4v) is 3.26. The van der Waals surface area contributed by atoms with Crippen LogP contribution in [0.5, 0.6) is 0 Å². The number of primary amides is 1. The van der Waals surface area contributed by atoms with Crippen molar-refractivity contribution in [1.29, 1.82) is 0 Å². The first-order valence-electron chi connectivity index (χ1n) is 7.48. The van der Waals surface area contributed by atoms with E-state index in [0.29, 0.717) is 32.4 Å². The maximum absolute atomic E-state index is 12.5. The molecular formula is C14H22F3N3O2. The number of hydrogen-bond donors (Lipinski definition) is 1. The summed E-state index contributed by atoms with van der Waals surface area (Å²) < 4.78 is 37.4. The second-order valence-electron chi connectivity index (χ2n) is 6.62. The number of piperidine rings is 1. The number of alkyl halides is 3. The lowest BCUT2D eigenvalue weighted by atomic mass is 9.89. The summed E-state index contributed by atoms with van der Waals surface area (Å²) in [5.41, 5.74) is 4.63. The summed E-state index contributed by atoms with van der Waals surface area (Å²) in [7, 11) is 0. The molecule has 0 aliphatic carbocycles. The Kier molecular flexibility index (Phi) is 4.70. The largest absolute Gasteiger partial charge is 0.401 e. The van der Waals surface area contributed by atoms with Crippen molar-refractivity contribution in [3.05, 3.63) is 0 Å². The molecule has 2 amide bonds. The van der Waals surface area contributed by atoms with Crippen molar-refractivity contribution in [3.63, 3.8) is 0 Å². The molecule has 0 aromatic carbocycles. The number of nitrogens with zero attached hydrogens (tertiary/aromatic N) is 2. The number of likely N-dealkylation sites (tertiary alicyclic amines) is 2. The third-order valence-corrected chi connectivity index (χ3v) is 4.64. The van der Waals surface area contributed by atoms with E-state index in [1.807, 2.05) is 0 Å². The van der Waals surface area contributed by atoms with Crippen molar-refractivity contribution in [2.45, 2.75) is 32.4 Å². The van der Waals surface area contributed by atoms with Crippen LogP contribution >= 0.6 is 0 Å². The standard InChI is InChI=1S/C14H22F3N3O2/c1-13(12(18)22)4-6-20(8-13)11(21)10-3-2-5-19(7-10)9-14(15,16)17/h10H,2-9H2,1H3,(H2,18,22). The van der Waals surface area contributed by atoms with Crippen molar-refractivity contribution in [2.75, 3.05) is 32.7 Å². The van der Waals surface area contributed by atoms with Gasteiger partial charge >= 0.3 is 6.18 Å². The molecule has 2 aliphatic rings. The maximum Gasteiger partial charge on any atom is 0.401 e. The van der Waals surface area contributed by atoms with Crippen LogP contribution in [0.1, 0.15) is 26.2 Å². The number of nitrogens with two attached hydrogens (primary N) is 1. The van der Waals surface area contributed by atoms with Crippen LogP contribution in [0.25, 0.3) is 0 Å². The lowest BCUT2D eigenvalue weighted by Gasteiger charge is -2.34. The van der Waals surface area contributed by atoms with Crippen molar-refractivity contribution in [2.24, 2.45) is 17.1 Å². The topological polar surface area (TPSA) is 66.6 Å². The average Bonchev–Trinajstić information content (AvgIpc) is 2.80. The molecule has 2 N–H and O–H groups in total. The fraction of sp³-hybridized carbons (Fsp3) is 0.857. The first-order valence-corrected chi connectivity index (χ1v) is 7.48. The highest BCUT2D eigenvalue weighted by molar-refractivity contribution is 5.84. The Bertz CT molecular complexity index is 455. The van der Waals surface area contributed by atoms with Crippen molar-refractivity contribution >= 4 is 11.8 Å². The van der Waals surface area contributed by atoms with Gasteiger partial charge in [-0.15, -0.1) is 0 Å². The van der Waals surface area contributed by atoms with Gasteiger partial charge in [0.05, 0.1) is 17.9 Å². The molecule has 5 nitrogen and oxygen atoms in total. The van der Waals surface area contributed by atoms with Gasteiger partial charge in [-0.2, -0.15) is 13.2 Å². The maximum atomic E-state index is 12.5. The van der Waals surface area contributed by atoms with Crippen LogP contribution in [0.2, 0.25) is 0 Å². The molecule has 0 bridgehead atoms. The highest BCUT2D eigenvalue weighted by atomic mass is 19.4. The Morgan fingerprint density at radius 3 is 2.55 bits per heavy atom. The lowest BCUT2D eigenvalue weighted by Crippen LogP contribution is -2.47. The van der Waals surface area contributed by atoms with E-state index >= 15 is 0 Å². The minimum Gasteiger partial charge on any atom is -0.369 e. The van der Waals surface area contributed by atoms with Crippen LogP contribution in [0.4, 0.5) is 13.2 Å². The van der Waals surface area contributed by atoms with Crippen LogP contribution in [-0.4, -0.2) is 60.5 Å². The molecule has 2 unspecified atom stereocenters. The minimum atomic E-state index is -4.25. The summed E-state index contributed by atoms with van der Waals surface area (Å²) in [4.78, 5) is 26.8. The van der Waals surface area contributed by atoms with E-state index in [9.17, 15) is 22.8 Å². The summed E-state index contributed by atoms with van der Waals surface area (Å²) in [5, 5.41) is 0. The van der Waals surface area contributed by atoms with E-state index in [0.717, 1.165) is 0 Å². The van der Waals surface area contributed by atoms with Crippen LogP contribution < -0.4 is 5.73 Å². The summed E-state index contributed by atoms with van der Waals surface area (Å²) >= 11 is 0. The number of rotatable bonds is 3. The molecule has 126 valence electrons. The van der Waals surface area contributed by atoms with Gasteiger partial charge in [-0.25, -0.2) is 0 Å². The highest BCUT2D eigenvalue weighted by Gasteiger charge is 2.43. The third kappa shape index (κ3) is 3.91. The smallest absolute Gasteiger partial charge is 0.369 e. The quantitative estimate of drug-likeness (QED) is 0.843. The van der Waals surface area contributed by atoms with Gasteiger partial charge in [0.2, 0.25) is 11.8 Å². The van der Waals surface area contributed by atoms with E-state index in [4.69, 9.17) is 5.73 Å². The van der Waals surface area contributed by atoms with Crippen LogP contribution in [0, 0.1) is 11.3 Å². The number of amides is 2. The number of hydrogen-bond acceptors (Lipinski definition) is 3. The minimum absolute atomic E-state index is 0.127. The third-order valence-electron chi connectivity index (χ3n) is 4.64. The average molecular weight is 321 g/mol. The number of halogens is 3. The molecule has 0 saturated carbocycles. The molecule has 0 spiro atoms. The van der Waals surface area contributed by atoms with E-state index in [2.05, 4.69) is 0 Å². The zero-order valence-corrected chi connectivity index (χ0v) is 12.7. The molecule has 2 aliphatic heterocycles. The molecule has 22 heavy (non-hydrogen) atoms. The zero-order chi connectivity index (χ0) is 16.5. The number of carbonyl (C=O) groups excluding carboxylic acids is 2. The van der Waals surface area contributed by atoms with Crippen molar-refractivity contribution < 1.29 is 22.8 Å². The summed E-state index contributed by atoms with van der Waals surface area (Å²) in [6.07, 6.45) is -2.57. The van der Waals surface area contributed by atoms with E-state index in [1.165, 1.54) is 4.90 Å². The van der Waals surface area contributed by atoms with Gasteiger partial charge in [0.15, 0.2) is 0 Å². The first kappa shape index (κ1) is 17.1. The van der Waals surface area contributed by atoms with E-state index < -0.39 is 30.0 Å². The van der Waals surface area contributed by atoms with E-state index in [1.54, 1.807) is 11.8 Å². The van der Waals surface area contributed by atoms with Crippen LogP contribution in [-0.2, 0) is 9.59 Å². The van der Waals surface area contributed by atoms with Crippen LogP contribution in [0.3, 0.4) is 0 Å². The monoisotopic (exact) mass is 321 g/mol. The van der Waals surface area contributed by atoms with Gasteiger partial charge in [0.25, 0.3) is 0 Å². The SMILES string of the molecule is CC1(C(N)=O)CCN(C(=O)C2CCCN(CC(F)(F)F)C2)C1. The van der Waals surface area contributed by atoms with Crippen molar-refractivity contribution in [3.8, 4) is 0 Å². The summed E-state index contributed by atoms with van der Waals surface area (Å²) in [6, 6.07) is 0. The Morgan fingerprint density at radius 1 is 1.32 bits per heavy atom. The molecule has 0 aromatic rings. The van der Waals surface area contributed by atoms with Gasteiger partial charge < -0.3 is 10.6 Å². The second-order valence-corrected chi connectivity index (χ2v) is 6.62. The predicted octanol–water partition coefficient (Wildman–Crippen LogP) is 0.985. The second kappa shape index (κ2) is 6.06. The Balaban J connectivity index is 1.94. The highest BCUT2D eigenvalue weighted by Crippen LogP contribution is 2.32. The Hall–Kier alpha value is -1.31. The van der Waals surface area contributed by atoms with Crippen molar-refractivity contribution in [1.82, 2.24) is 9.80 Å². The molecule has 0 radical (unpaired) electrons. The molecule has 0 aromatic heterocycles. The summed E-state index contributed by atoms with van der Waals surface area (Å²) in [6.45, 7) is 1.94. The Morgan fingerprint density at radius 2 is 2.00 bits per heavy atom. The molecule has 2 rings (SSSR count). The molecular weight excluding hydrogens is 299 g/mol. The van der Waals surface area contributed by atoms with Gasteiger partial charge in [-0.1, -0.05) is 0 Å². The molecule has 2 atom stereocenters. The van der Waals surface area contributed by atoms with Gasteiger partial charge in [0, 0.05) is 19.6 Å². The van der Waals surface area contributed by atoms with Gasteiger partial charge in [-0.05, 0) is 32.7 Å². The lowest BCUT2D eigenvalue weighted by molar-refractivity contribution is -0.154. The predicted molar refractivity (Wildman–Crippen MR) is 73.7 cm³/mol. The fourth-order valence-electron chi connectivity index (χ4n) is 3.26. The molecule has 2 fully saturated rings. The normalized spacial score (nSPS) is 30.5. The van der Waals surface area contributed by atoms with Crippen LogP contribution in [0.15, 0.2) is 0 Å². The first-order chi connectivity index (χ1) is 10.1. The summed E-state index contributed by atoms with van der Waals surface area (Å²) in [5.74, 6) is -1.02. The zero-order valence-electron chi connectivity index (χ0n) is 12.7. The van der Waals surface area contributed by atoms with E-state index in [-0.39, 0.29) is 19.0 Å². The molecule has 2 heterocycles. The molecule has 8 heteroatoms. The van der Waals surface area contributed by atoms with Gasteiger partial charge in [-0.3, -0.25) is 14.5 Å². The Labute approximate surface area is 127 Å².